The summed E-state index contributed by atoms with van der Waals surface area (Å²) in [6.07, 6.45) is 3.79. The molecule has 0 fully saturated rings. The number of hydrazone groups is 1. The van der Waals surface area contributed by atoms with Crippen LogP contribution < -0.4 is 10.7 Å². The van der Waals surface area contributed by atoms with Gasteiger partial charge in [0, 0.05) is 17.8 Å². The molecule has 0 radical (unpaired) electrons. The number of anilines is 1. The minimum Gasteiger partial charge on any atom is -0.330 e. The molecule has 1 aliphatic heterocycles. The van der Waals surface area contributed by atoms with Crippen LogP contribution in [0.4, 0.5) is 5.95 Å². The number of nitrogens with zero attached hydrogens (tertiary/aromatic N) is 4. The summed E-state index contributed by atoms with van der Waals surface area (Å²) in [7, 11) is 0. The predicted octanol–water partition coefficient (Wildman–Crippen LogP) is 1.19. The van der Waals surface area contributed by atoms with Crippen LogP contribution in [0.15, 0.2) is 23.6 Å². The molecule has 0 bridgehead atoms. The molecule has 6 nitrogen and oxygen atoms in total. The summed E-state index contributed by atoms with van der Waals surface area (Å²) >= 11 is 0. The lowest BCUT2D eigenvalue weighted by Gasteiger charge is -2.21. The molecule has 0 saturated heterocycles. The zero-order chi connectivity index (χ0) is 14.0. The molecule has 2 N–H and O–H groups in total. The minimum absolute atomic E-state index is 0.0958. The first-order chi connectivity index (χ1) is 8.95. The molecule has 1 atom stereocenters. The Hall–Kier alpha value is -1.82. The number of carbonyl (C=O) groups excluding carboxylic acids is 1. The van der Waals surface area contributed by atoms with Crippen LogP contribution in [-0.2, 0) is 4.79 Å². The van der Waals surface area contributed by atoms with Gasteiger partial charge in [0.2, 0.25) is 0 Å². The average Bonchev–Trinajstić information content (AvgIpc) is 2.69. The second-order valence-corrected chi connectivity index (χ2v) is 5.56. The summed E-state index contributed by atoms with van der Waals surface area (Å²) < 4.78 is 0. The number of aromatic nitrogens is 2. The molecule has 1 aliphatic rings. The van der Waals surface area contributed by atoms with Gasteiger partial charge in [-0.1, -0.05) is 20.8 Å². The fourth-order valence-corrected chi connectivity index (χ4v) is 2.13. The third-order valence-electron chi connectivity index (χ3n) is 3.01. The van der Waals surface area contributed by atoms with Gasteiger partial charge in [0.1, 0.15) is 0 Å². The van der Waals surface area contributed by atoms with Crippen LogP contribution in [0.1, 0.15) is 27.2 Å². The van der Waals surface area contributed by atoms with Crippen LogP contribution >= 0.6 is 0 Å². The largest absolute Gasteiger partial charge is 0.330 e. The molecule has 1 aromatic rings. The molecular formula is C13H19N5O. The Bertz CT molecular complexity index is 492. The van der Waals surface area contributed by atoms with Gasteiger partial charge in [0.25, 0.3) is 11.9 Å². The maximum Gasteiger partial charge on any atom is 0.259 e. The van der Waals surface area contributed by atoms with Crippen molar-refractivity contribution in [3.05, 3.63) is 18.5 Å². The summed E-state index contributed by atoms with van der Waals surface area (Å²) in [5.41, 5.74) is 6.26. The number of hydrogen-bond donors (Lipinski definition) is 1. The van der Waals surface area contributed by atoms with Gasteiger partial charge in [-0.05, 0) is 19.0 Å². The van der Waals surface area contributed by atoms with Crippen molar-refractivity contribution in [2.75, 3.05) is 11.6 Å². The van der Waals surface area contributed by atoms with Crippen molar-refractivity contribution in [3.8, 4) is 0 Å². The molecule has 2 heterocycles. The lowest BCUT2D eigenvalue weighted by molar-refractivity contribution is -0.120. The van der Waals surface area contributed by atoms with E-state index in [4.69, 9.17) is 5.73 Å². The normalized spacial score (nSPS) is 19.8. The maximum absolute atomic E-state index is 12.4. The fraction of sp³-hybridized carbons (Fsp3) is 0.538. The molecule has 2 rings (SSSR count). The first kappa shape index (κ1) is 13.6. The Balaban J connectivity index is 2.38. The molecule has 0 aliphatic carbocycles. The highest BCUT2D eigenvalue weighted by Gasteiger charge is 2.41. The van der Waals surface area contributed by atoms with Crippen LogP contribution in [0.2, 0.25) is 0 Å². The summed E-state index contributed by atoms with van der Waals surface area (Å²) in [4.78, 5) is 20.6. The predicted molar refractivity (Wildman–Crippen MR) is 73.6 cm³/mol. The molecule has 1 aromatic heterocycles. The van der Waals surface area contributed by atoms with Crippen LogP contribution in [0.5, 0.6) is 0 Å². The van der Waals surface area contributed by atoms with Crippen LogP contribution in [0.3, 0.4) is 0 Å². The number of amides is 1. The van der Waals surface area contributed by atoms with E-state index in [1.807, 2.05) is 20.8 Å². The van der Waals surface area contributed by atoms with Crippen molar-refractivity contribution >= 4 is 17.6 Å². The van der Waals surface area contributed by atoms with E-state index in [1.54, 1.807) is 18.5 Å². The van der Waals surface area contributed by atoms with E-state index < -0.39 is 0 Å². The Labute approximate surface area is 112 Å². The second-order valence-electron chi connectivity index (χ2n) is 5.56. The van der Waals surface area contributed by atoms with Crippen molar-refractivity contribution in [1.82, 2.24) is 9.97 Å². The average molecular weight is 261 g/mol. The Morgan fingerprint density at radius 1 is 1.32 bits per heavy atom. The summed E-state index contributed by atoms with van der Waals surface area (Å²) in [5, 5.41) is 5.72. The number of nitrogens with two attached hydrogens (primary N) is 1. The first-order valence-electron chi connectivity index (χ1n) is 6.35. The van der Waals surface area contributed by atoms with E-state index in [9.17, 15) is 4.79 Å². The Morgan fingerprint density at radius 3 is 2.47 bits per heavy atom. The van der Waals surface area contributed by atoms with E-state index in [0.29, 0.717) is 18.9 Å². The van der Waals surface area contributed by atoms with Crippen molar-refractivity contribution in [1.29, 1.82) is 0 Å². The van der Waals surface area contributed by atoms with E-state index in [0.717, 1.165) is 5.71 Å². The summed E-state index contributed by atoms with van der Waals surface area (Å²) in [5.74, 6) is -0.0517. The third kappa shape index (κ3) is 2.63. The van der Waals surface area contributed by atoms with Crippen molar-refractivity contribution in [3.63, 3.8) is 0 Å². The maximum atomic E-state index is 12.4. The topological polar surface area (TPSA) is 84.5 Å². The van der Waals surface area contributed by atoms with Gasteiger partial charge in [0.05, 0.1) is 11.6 Å². The smallest absolute Gasteiger partial charge is 0.259 e. The van der Waals surface area contributed by atoms with E-state index in [1.165, 1.54) is 5.01 Å². The van der Waals surface area contributed by atoms with Gasteiger partial charge in [-0.25, -0.2) is 9.97 Å². The van der Waals surface area contributed by atoms with Gasteiger partial charge in [-0.3, -0.25) is 4.79 Å². The van der Waals surface area contributed by atoms with Crippen LogP contribution in [0, 0.1) is 11.3 Å². The Morgan fingerprint density at radius 2 is 1.95 bits per heavy atom. The standard InChI is InChI=1S/C13H19N5O/c1-13(2,3)10-9(5-6-14)11(19)18(17-10)12-15-7-4-8-16-12/h4,7-9H,5-6,14H2,1-3H3. The molecule has 1 unspecified atom stereocenters. The number of rotatable bonds is 3. The monoisotopic (exact) mass is 261 g/mol. The van der Waals surface area contributed by atoms with E-state index >= 15 is 0 Å². The summed E-state index contributed by atoms with van der Waals surface area (Å²) in [6.45, 7) is 6.57. The van der Waals surface area contributed by atoms with Gasteiger partial charge >= 0.3 is 0 Å². The van der Waals surface area contributed by atoms with Crippen LogP contribution in [0.25, 0.3) is 0 Å². The third-order valence-corrected chi connectivity index (χ3v) is 3.01. The van der Waals surface area contributed by atoms with E-state index in [2.05, 4.69) is 15.1 Å². The highest BCUT2D eigenvalue weighted by molar-refractivity contribution is 6.16. The lowest BCUT2D eigenvalue weighted by Crippen LogP contribution is -2.33. The summed E-state index contributed by atoms with van der Waals surface area (Å²) in [6, 6.07) is 1.70. The SMILES string of the molecule is CC(C)(C)C1=NN(c2ncccn2)C(=O)C1CCN. The highest BCUT2D eigenvalue weighted by atomic mass is 16.2. The first-order valence-corrected chi connectivity index (χ1v) is 6.35. The molecule has 0 aromatic carbocycles. The molecule has 102 valence electrons. The Kier molecular flexibility index (Phi) is 3.61. The van der Waals surface area contributed by atoms with E-state index in [-0.39, 0.29) is 17.2 Å². The molecule has 1 amide bonds. The van der Waals surface area contributed by atoms with Gasteiger partial charge in [-0.15, -0.1) is 0 Å². The fourth-order valence-electron chi connectivity index (χ4n) is 2.13. The molecule has 0 saturated carbocycles. The molecule has 19 heavy (non-hydrogen) atoms. The highest BCUT2D eigenvalue weighted by Crippen LogP contribution is 2.31. The van der Waals surface area contributed by atoms with Gasteiger partial charge in [0.15, 0.2) is 0 Å². The molecular weight excluding hydrogens is 242 g/mol. The minimum atomic E-state index is -0.270. The lowest BCUT2D eigenvalue weighted by atomic mass is 9.81. The van der Waals surface area contributed by atoms with Crippen molar-refractivity contribution < 1.29 is 4.79 Å². The van der Waals surface area contributed by atoms with Crippen molar-refractivity contribution in [2.24, 2.45) is 22.2 Å². The number of carbonyl (C=O) groups is 1. The zero-order valence-corrected chi connectivity index (χ0v) is 11.5. The van der Waals surface area contributed by atoms with Gasteiger partial charge < -0.3 is 5.73 Å². The second kappa shape index (κ2) is 5.05. The van der Waals surface area contributed by atoms with Gasteiger partial charge in [-0.2, -0.15) is 10.1 Å². The van der Waals surface area contributed by atoms with Crippen LogP contribution in [-0.4, -0.2) is 28.1 Å². The molecule has 6 heteroatoms. The quantitative estimate of drug-likeness (QED) is 0.885. The zero-order valence-electron chi connectivity index (χ0n) is 11.5. The number of hydrogen-bond acceptors (Lipinski definition) is 5. The van der Waals surface area contributed by atoms with Crippen molar-refractivity contribution in [2.45, 2.75) is 27.2 Å². The molecule has 0 spiro atoms.